The zero-order valence-corrected chi connectivity index (χ0v) is 19.3. The topological polar surface area (TPSA) is 47.6 Å². The van der Waals surface area contributed by atoms with E-state index in [0.29, 0.717) is 34.5 Å². The maximum Gasteiger partial charge on any atom is 0.254 e. The Balaban J connectivity index is 1.83. The second-order valence-corrected chi connectivity index (χ2v) is 8.21. The molecule has 0 aliphatic carbocycles. The van der Waals surface area contributed by atoms with Gasteiger partial charge in [-0.2, -0.15) is 0 Å². The molecule has 0 fully saturated rings. The summed E-state index contributed by atoms with van der Waals surface area (Å²) in [5.41, 5.74) is 0.240. The Morgan fingerprint density at radius 1 is 0.966 bits per heavy atom. The number of benzene rings is 2. The largest absolute Gasteiger partial charge is 0.490 e. The molecule has 2 rings (SSSR count). The zero-order chi connectivity index (χ0) is 21.4. The molecule has 0 bridgehead atoms. The molecule has 0 aliphatic heterocycles. The predicted molar refractivity (Wildman–Crippen MR) is 121 cm³/mol. The van der Waals surface area contributed by atoms with Crippen LogP contribution in [-0.2, 0) is 0 Å². The van der Waals surface area contributed by atoms with E-state index in [1.165, 1.54) is 6.08 Å². The Kier molecular flexibility index (Phi) is 10.0. The number of halogens is 6. The summed E-state index contributed by atoms with van der Waals surface area (Å²) in [6.45, 7) is 0.799. The van der Waals surface area contributed by atoms with E-state index in [1.54, 1.807) is 30.3 Å². The number of ether oxygens (including phenoxy) is 2. The van der Waals surface area contributed by atoms with Crippen LogP contribution < -0.4 is 14.8 Å². The molecule has 0 spiro atoms. The quantitative estimate of drug-likeness (QED) is 0.358. The lowest BCUT2D eigenvalue weighted by Crippen LogP contribution is -2.26. The van der Waals surface area contributed by atoms with Gasteiger partial charge < -0.3 is 14.8 Å². The summed E-state index contributed by atoms with van der Waals surface area (Å²) >= 11 is 35.5. The third-order valence-corrected chi connectivity index (χ3v) is 5.00. The lowest BCUT2D eigenvalue weighted by molar-refractivity contribution is 0.0952. The van der Waals surface area contributed by atoms with Gasteiger partial charge in [0.15, 0.2) is 5.75 Å². The van der Waals surface area contributed by atoms with Crippen LogP contribution >= 0.6 is 69.6 Å². The molecule has 29 heavy (non-hydrogen) atoms. The summed E-state index contributed by atoms with van der Waals surface area (Å²) in [5.74, 6) is 0.415. The molecule has 10 heteroatoms. The van der Waals surface area contributed by atoms with Gasteiger partial charge in [-0.15, -0.1) is 0 Å². The molecule has 0 aromatic heterocycles. The van der Waals surface area contributed by atoms with Crippen molar-refractivity contribution < 1.29 is 14.3 Å². The Bertz CT molecular complexity index is 856. The third-order valence-electron chi connectivity index (χ3n) is 3.50. The lowest BCUT2D eigenvalue weighted by atomic mass is 10.2. The first-order valence-electron chi connectivity index (χ1n) is 8.27. The molecule has 0 radical (unpaired) electrons. The van der Waals surface area contributed by atoms with E-state index < -0.39 is 0 Å². The van der Waals surface area contributed by atoms with Crippen LogP contribution in [-0.4, -0.2) is 25.7 Å². The van der Waals surface area contributed by atoms with Crippen molar-refractivity contribution in [1.82, 2.24) is 5.32 Å². The molecule has 0 aliphatic rings. The second-order valence-electron chi connectivity index (χ2n) is 5.58. The average Bonchev–Trinajstić information content (AvgIpc) is 2.63. The summed E-state index contributed by atoms with van der Waals surface area (Å²) in [6.07, 6.45) is 2.00. The molecule has 1 N–H and O–H groups in total. The standard InChI is InChI=1S/C19H15Cl6NO3/c20-12-3-1-4-13(21)17(12)19(27)26-6-2-7-29-18-14(22)9-11(10-15(18)23)28-8-5-16(24)25/h1,3-5,9-10H,2,6-8H2,(H,26,27). The number of carbonyl (C=O) groups is 1. The minimum Gasteiger partial charge on any atom is -0.490 e. The van der Waals surface area contributed by atoms with Crippen LogP contribution in [0.25, 0.3) is 0 Å². The van der Waals surface area contributed by atoms with Gasteiger partial charge in [-0.05, 0) is 24.6 Å². The number of hydrogen-bond donors (Lipinski definition) is 1. The maximum atomic E-state index is 12.2. The summed E-state index contributed by atoms with van der Waals surface area (Å²) in [6, 6.07) is 8.01. The average molecular weight is 518 g/mol. The highest BCUT2D eigenvalue weighted by Gasteiger charge is 2.14. The number of hydrogen-bond acceptors (Lipinski definition) is 3. The normalized spacial score (nSPS) is 10.4. The molecule has 0 saturated heterocycles. The van der Waals surface area contributed by atoms with Gasteiger partial charge in [0.1, 0.15) is 16.8 Å². The summed E-state index contributed by atoms with van der Waals surface area (Å²) in [7, 11) is 0. The molecule has 2 aromatic carbocycles. The Morgan fingerprint density at radius 3 is 2.17 bits per heavy atom. The third kappa shape index (κ3) is 7.63. The highest BCUT2D eigenvalue weighted by Crippen LogP contribution is 2.37. The van der Waals surface area contributed by atoms with Crippen molar-refractivity contribution in [2.24, 2.45) is 0 Å². The van der Waals surface area contributed by atoms with Crippen molar-refractivity contribution in [1.29, 1.82) is 0 Å². The second kappa shape index (κ2) is 12.0. The van der Waals surface area contributed by atoms with Crippen LogP contribution in [0, 0.1) is 0 Å². The molecule has 4 nitrogen and oxygen atoms in total. The van der Waals surface area contributed by atoms with Crippen LogP contribution in [0.2, 0.25) is 20.1 Å². The van der Waals surface area contributed by atoms with Gasteiger partial charge in [0.2, 0.25) is 0 Å². The SMILES string of the molecule is O=C(NCCCOc1c(Cl)cc(OCC=C(Cl)Cl)cc1Cl)c1c(Cl)cccc1Cl. The van der Waals surface area contributed by atoms with Crippen molar-refractivity contribution in [3.63, 3.8) is 0 Å². The van der Waals surface area contributed by atoms with Crippen LogP contribution in [0.1, 0.15) is 16.8 Å². The van der Waals surface area contributed by atoms with E-state index in [0.717, 1.165) is 0 Å². The number of amides is 1. The molecule has 2 aromatic rings. The van der Waals surface area contributed by atoms with Gasteiger partial charge in [-0.3, -0.25) is 4.79 Å². The van der Waals surface area contributed by atoms with Crippen molar-refractivity contribution in [3.8, 4) is 11.5 Å². The minimum absolute atomic E-state index is 0.103. The minimum atomic E-state index is -0.357. The van der Waals surface area contributed by atoms with Gasteiger partial charge in [0.05, 0.1) is 32.3 Å². The van der Waals surface area contributed by atoms with E-state index in [1.807, 2.05) is 0 Å². The Hall–Kier alpha value is -1.01. The molecule has 0 atom stereocenters. The van der Waals surface area contributed by atoms with Crippen LogP contribution in [0.15, 0.2) is 40.9 Å². The molecule has 156 valence electrons. The Morgan fingerprint density at radius 2 is 1.59 bits per heavy atom. The number of nitrogens with one attached hydrogen (secondary N) is 1. The number of rotatable bonds is 9. The van der Waals surface area contributed by atoms with Crippen molar-refractivity contribution in [2.45, 2.75) is 6.42 Å². The van der Waals surface area contributed by atoms with Crippen LogP contribution in [0.5, 0.6) is 11.5 Å². The fourth-order valence-electron chi connectivity index (χ4n) is 2.21. The first-order valence-corrected chi connectivity index (χ1v) is 10.5. The lowest BCUT2D eigenvalue weighted by Gasteiger charge is -2.13. The van der Waals surface area contributed by atoms with Crippen LogP contribution in [0.4, 0.5) is 0 Å². The van der Waals surface area contributed by atoms with E-state index >= 15 is 0 Å². The smallest absolute Gasteiger partial charge is 0.254 e. The summed E-state index contributed by atoms with van der Waals surface area (Å²) in [4.78, 5) is 12.2. The monoisotopic (exact) mass is 515 g/mol. The van der Waals surface area contributed by atoms with Gasteiger partial charge in [0, 0.05) is 18.7 Å². The molecule has 0 unspecified atom stereocenters. The maximum absolute atomic E-state index is 12.2. The van der Waals surface area contributed by atoms with Gasteiger partial charge in [0.25, 0.3) is 5.91 Å². The number of carbonyl (C=O) groups excluding carboxylic acids is 1. The molecule has 0 heterocycles. The molecular weight excluding hydrogens is 503 g/mol. The van der Waals surface area contributed by atoms with Gasteiger partial charge in [-0.1, -0.05) is 75.7 Å². The molecular formula is C19H15Cl6NO3. The summed E-state index contributed by atoms with van der Waals surface area (Å²) in [5, 5.41) is 3.90. The predicted octanol–water partition coefficient (Wildman–Crippen LogP) is 7.20. The first-order chi connectivity index (χ1) is 13.8. The molecule has 0 saturated carbocycles. The van der Waals surface area contributed by atoms with E-state index in [-0.39, 0.29) is 39.2 Å². The van der Waals surface area contributed by atoms with Crippen molar-refractivity contribution in [3.05, 3.63) is 66.6 Å². The van der Waals surface area contributed by atoms with E-state index in [2.05, 4.69) is 5.32 Å². The van der Waals surface area contributed by atoms with Crippen molar-refractivity contribution in [2.75, 3.05) is 19.8 Å². The summed E-state index contributed by atoms with van der Waals surface area (Å²) < 4.78 is 11.2. The zero-order valence-electron chi connectivity index (χ0n) is 14.8. The van der Waals surface area contributed by atoms with E-state index in [4.69, 9.17) is 79.1 Å². The first kappa shape index (κ1) is 24.3. The Labute approximate surface area is 198 Å². The highest BCUT2D eigenvalue weighted by atomic mass is 35.5. The van der Waals surface area contributed by atoms with Crippen molar-refractivity contribution >= 4 is 75.5 Å². The van der Waals surface area contributed by atoms with Crippen LogP contribution in [0.3, 0.4) is 0 Å². The molecule has 1 amide bonds. The van der Waals surface area contributed by atoms with Gasteiger partial charge in [-0.25, -0.2) is 0 Å². The fourth-order valence-corrected chi connectivity index (χ4v) is 3.48. The highest BCUT2D eigenvalue weighted by molar-refractivity contribution is 6.55. The van der Waals surface area contributed by atoms with E-state index in [9.17, 15) is 4.79 Å². The fraction of sp³-hybridized carbons (Fsp3) is 0.211. The van der Waals surface area contributed by atoms with Gasteiger partial charge >= 0.3 is 0 Å².